The van der Waals surface area contributed by atoms with Crippen LogP contribution in [0.1, 0.15) is 5.56 Å². The van der Waals surface area contributed by atoms with Crippen LogP contribution in [0.5, 0.6) is 11.8 Å². The minimum absolute atomic E-state index is 0.0303. The van der Waals surface area contributed by atoms with E-state index < -0.39 is 10.0 Å². The topological polar surface area (TPSA) is 85.3 Å². The van der Waals surface area contributed by atoms with E-state index >= 15 is 0 Å². The Morgan fingerprint density at radius 3 is 2.76 bits per heavy atom. The van der Waals surface area contributed by atoms with Crippen molar-refractivity contribution in [2.24, 2.45) is 0 Å². The smallest absolute Gasteiger partial charge is 0.323 e. The average molecular weight is 375 g/mol. The second-order valence-electron chi connectivity index (χ2n) is 5.22. The molecule has 0 unspecified atom stereocenters. The number of fused-ring (bicyclic) bond motifs is 1. The second-order valence-corrected chi connectivity index (χ2v) is 7.45. The Bertz CT molecular complexity index is 1040. The summed E-state index contributed by atoms with van der Waals surface area (Å²) < 4.78 is 32.2. The molecule has 9 heteroatoms. The molecule has 0 N–H and O–H groups in total. The highest BCUT2D eigenvalue weighted by Crippen LogP contribution is 2.37. The highest BCUT2D eigenvalue weighted by Gasteiger charge is 2.37. The molecule has 0 amide bonds. The van der Waals surface area contributed by atoms with E-state index in [4.69, 9.17) is 16.3 Å². The van der Waals surface area contributed by atoms with Gasteiger partial charge in [0.1, 0.15) is 11.6 Å². The molecule has 0 atom stereocenters. The number of hydrogen-bond donors (Lipinski definition) is 0. The van der Waals surface area contributed by atoms with Crippen molar-refractivity contribution in [1.82, 2.24) is 15.0 Å². The molecule has 0 fully saturated rings. The lowest BCUT2D eigenvalue weighted by Gasteiger charge is -2.16. The third kappa shape index (κ3) is 2.79. The van der Waals surface area contributed by atoms with Gasteiger partial charge in [-0.05, 0) is 24.3 Å². The first-order valence-electron chi connectivity index (χ1n) is 7.27. The number of benzene rings is 1. The lowest BCUT2D eigenvalue weighted by atomic mass is 10.2. The van der Waals surface area contributed by atoms with E-state index in [9.17, 15) is 8.42 Å². The quantitative estimate of drug-likeness (QED) is 0.700. The SMILES string of the molecule is O=S1(=O)c2cccc(Cl)c2CN1c1ccnc(Oc2cccnc2)n1. The lowest BCUT2D eigenvalue weighted by Crippen LogP contribution is -2.24. The van der Waals surface area contributed by atoms with Crippen LogP contribution < -0.4 is 9.04 Å². The van der Waals surface area contributed by atoms with Gasteiger partial charge < -0.3 is 4.74 Å². The maximum absolute atomic E-state index is 12.8. The molecule has 0 saturated carbocycles. The van der Waals surface area contributed by atoms with Crippen LogP contribution in [0, 0.1) is 0 Å². The summed E-state index contributed by atoms with van der Waals surface area (Å²) in [6.07, 6.45) is 4.56. The van der Waals surface area contributed by atoms with Crippen molar-refractivity contribution in [2.75, 3.05) is 4.31 Å². The van der Waals surface area contributed by atoms with Gasteiger partial charge in [-0.15, -0.1) is 0 Å². The van der Waals surface area contributed by atoms with Gasteiger partial charge in [0.15, 0.2) is 0 Å². The summed E-state index contributed by atoms with van der Waals surface area (Å²) in [5, 5.41) is 0.407. The van der Waals surface area contributed by atoms with Gasteiger partial charge in [0, 0.05) is 29.0 Å². The van der Waals surface area contributed by atoms with Crippen molar-refractivity contribution in [3.05, 3.63) is 65.6 Å². The number of sulfonamides is 1. The highest BCUT2D eigenvalue weighted by molar-refractivity contribution is 7.93. The molecule has 7 nitrogen and oxygen atoms in total. The third-order valence-corrected chi connectivity index (χ3v) is 5.85. The molecular formula is C16H11ClN4O3S. The summed E-state index contributed by atoms with van der Waals surface area (Å²) in [7, 11) is -3.72. The van der Waals surface area contributed by atoms with Gasteiger partial charge >= 0.3 is 6.01 Å². The molecule has 0 bridgehead atoms. The Morgan fingerprint density at radius 1 is 1.12 bits per heavy atom. The summed E-state index contributed by atoms with van der Waals surface area (Å²) >= 11 is 6.13. The zero-order valence-electron chi connectivity index (χ0n) is 12.7. The number of nitrogens with zero attached hydrogens (tertiary/aromatic N) is 4. The first-order chi connectivity index (χ1) is 12.1. The second kappa shape index (κ2) is 5.98. The molecule has 2 aromatic heterocycles. The van der Waals surface area contributed by atoms with Crippen molar-refractivity contribution in [2.45, 2.75) is 11.4 Å². The zero-order chi connectivity index (χ0) is 17.4. The van der Waals surface area contributed by atoms with Crippen LogP contribution in [-0.4, -0.2) is 23.4 Å². The fraction of sp³-hybridized carbons (Fsp3) is 0.0625. The van der Waals surface area contributed by atoms with E-state index in [1.54, 1.807) is 30.5 Å². The molecule has 3 heterocycles. The van der Waals surface area contributed by atoms with E-state index in [1.807, 2.05) is 0 Å². The molecule has 0 spiro atoms. The molecule has 0 saturated heterocycles. The van der Waals surface area contributed by atoms with Crippen LogP contribution in [-0.2, 0) is 16.6 Å². The van der Waals surface area contributed by atoms with Crippen LogP contribution >= 0.6 is 11.6 Å². The molecule has 0 radical (unpaired) electrons. The molecule has 25 heavy (non-hydrogen) atoms. The fourth-order valence-corrected chi connectivity index (χ4v) is 4.43. The van der Waals surface area contributed by atoms with Crippen LogP contribution in [0.25, 0.3) is 0 Å². The molecule has 1 aromatic carbocycles. The maximum atomic E-state index is 12.8. The highest BCUT2D eigenvalue weighted by atomic mass is 35.5. The predicted molar refractivity (Wildman–Crippen MR) is 91.2 cm³/mol. The summed E-state index contributed by atoms with van der Waals surface area (Å²) in [4.78, 5) is 12.3. The van der Waals surface area contributed by atoms with Gasteiger partial charge in [-0.1, -0.05) is 17.7 Å². The van der Waals surface area contributed by atoms with Crippen LogP contribution in [0.4, 0.5) is 5.82 Å². The fourth-order valence-electron chi connectivity index (χ4n) is 2.52. The zero-order valence-corrected chi connectivity index (χ0v) is 14.3. The Labute approximate surface area is 149 Å². The Hall–Kier alpha value is -2.71. The number of ether oxygens (including phenoxy) is 1. The summed E-state index contributed by atoms with van der Waals surface area (Å²) in [5.41, 5.74) is 0.553. The van der Waals surface area contributed by atoms with Crippen LogP contribution in [0.15, 0.2) is 59.9 Å². The van der Waals surface area contributed by atoms with Crippen molar-refractivity contribution >= 4 is 27.4 Å². The lowest BCUT2D eigenvalue weighted by molar-refractivity contribution is 0.440. The van der Waals surface area contributed by atoms with Gasteiger partial charge in [-0.3, -0.25) is 4.98 Å². The van der Waals surface area contributed by atoms with E-state index in [0.717, 1.165) is 0 Å². The van der Waals surface area contributed by atoms with Crippen LogP contribution in [0.3, 0.4) is 0 Å². The summed E-state index contributed by atoms with van der Waals surface area (Å²) in [6.45, 7) is 0.112. The molecule has 3 aromatic rings. The minimum Gasteiger partial charge on any atom is -0.423 e. The first kappa shape index (κ1) is 15.8. The molecule has 0 aliphatic carbocycles. The predicted octanol–water partition coefficient (Wildman–Crippen LogP) is 3.03. The summed E-state index contributed by atoms with van der Waals surface area (Å²) in [6, 6.07) is 9.75. The van der Waals surface area contributed by atoms with E-state index in [2.05, 4.69) is 15.0 Å². The van der Waals surface area contributed by atoms with Crippen molar-refractivity contribution in [3.63, 3.8) is 0 Å². The van der Waals surface area contributed by atoms with Gasteiger partial charge in [0.25, 0.3) is 10.0 Å². The Morgan fingerprint density at radius 2 is 2.00 bits per heavy atom. The molecular weight excluding hydrogens is 364 g/mol. The average Bonchev–Trinajstić information content (AvgIpc) is 2.89. The van der Waals surface area contributed by atoms with Gasteiger partial charge in [-0.25, -0.2) is 17.7 Å². The number of hydrogen-bond acceptors (Lipinski definition) is 6. The summed E-state index contributed by atoms with van der Waals surface area (Å²) in [5.74, 6) is 0.663. The standard InChI is InChI=1S/C16H11ClN4O3S/c17-13-4-1-5-14-12(13)10-21(25(14,22)23)15-6-8-19-16(20-15)24-11-3-2-7-18-9-11/h1-9H,10H2. The van der Waals surface area contributed by atoms with Crippen LogP contribution in [0.2, 0.25) is 5.02 Å². The monoisotopic (exact) mass is 374 g/mol. The third-order valence-electron chi connectivity index (χ3n) is 3.66. The van der Waals surface area contributed by atoms with Gasteiger partial charge in [-0.2, -0.15) is 4.98 Å². The Kier molecular flexibility index (Phi) is 3.78. The van der Waals surface area contributed by atoms with Crippen molar-refractivity contribution in [3.8, 4) is 11.8 Å². The van der Waals surface area contributed by atoms with Crippen molar-refractivity contribution < 1.29 is 13.2 Å². The largest absolute Gasteiger partial charge is 0.423 e. The number of anilines is 1. The Balaban J connectivity index is 1.70. The van der Waals surface area contributed by atoms with E-state index in [1.165, 1.54) is 28.8 Å². The number of aromatic nitrogens is 3. The first-order valence-corrected chi connectivity index (χ1v) is 9.08. The van der Waals surface area contributed by atoms with Gasteiger partial charge in [0.05, 0.1) is 17.6 Å². The molecule has 1 aliphatic heterocycles. The number of halogens is 1. The number of rotatable bonds is 3. The minimum atomic E-state index is -3.72. The van der Waals surface area contributed by atoms with Gasteiger partial charge in [0.2, 0.25) is 0 Å². The molecule has 4 rings (SSSR count). The van der Waals surface area contributed by atoms with E-state index in [0.29, 0.717) is 16.3 Å². The van der Waals surface area contributed by atoms with E-state index in [-0.39, 0.29) is 23.3 Å². The number of pyridine rings is 1. The van der Waals surface area contributed by atoms with Crippen molar-refractivity contribution in [1.29, 1.82) is 0 Å². The normalized spacial score (nSPS) is 15.0. The molecule has 126 valence electrons. The maximum Gasteiger partial charge on any atom is 0.323 e. The molecule has 1 aliphatic rings.